The van der Waals surface area contributed by atoms with Gasteiger partial charge in [0.1, 0.15) is 12.1 Å². The molecule has 1 heterocycles. The number of benzene rings is 1. The summed E-state index contributed by atoms with van der Waals surface area (Å²) in [4.78, 5) is 41.1. The minimum absolute atomic E-state index is 0.192. The van der Waals surface area contributed by atoms with Crippen molar-refractivity contribution in [3.63, 3.8) is 0 Å². The zero-order chi connectivity index (χ0) is 17.4. The molecule has 0 saturated carbocycles. The second-order valence-corrected chi connectivity index (χ2v) is 5.29. The van der Waals surface area contributed by atoms with Crippen molar-refractivity contribution in [2.45, 2.75) is 31.6 Å². The molecule has 0 aromatic heterocycles. The number of hydroxylamine groups is 1. The maximum Gasteiger partial charge on any atom is 0.342 e. The van der Waals surface area contributed by atoms with Crippen LogP contribution in [0.4, 0.5) is 4.79 Å². The van der Waals surface area contributed by atoms with Crippen LogP contribution in [0.15, 0.2) is 30.3 Å². The molecule has 2 atom stereocenters. The summed E-state index contributed by atoms with van der Waals surface area (Å²) in [6.45, 7) is 0.802. The summed E-state index contributed by atoms with van der Waals surface area (Å²) in [5.41, 5.74) is 3.23. The smallest absolute Gasteiger partial charge is 0.342 e. The molecule has 8 nitrogen and oxygen atoms in total. The molecule has 130 valence electrons. The van der Waals surface area contributed by atoms with Gasteiger partial charge in [-0.05, 0) is 5.56 Å². The summed E-state index contributed by atoms with van der Waals surface area (Å²) in [6.07, 6.45) is 0.219. The highest BCUT2D eigenvalue weighted by Gasteiger charge is 2.38. The van der Waals surface area contributed by atoms with Gasteiger partial charge in [0.2, 0.25) is 0 Å². The van der Waals surface area contributed by atoms with Crippen LogP contribution in [0.3, 0.4) is 0 Å². The lowest BCUT2D eigenvalue weighted by Crippen LogP contribution is -2.55. The van der Waals surface area contributed by atoms with Crippen LogP contribution in [0.1, 0.15) is 18.4 Å². The number of nitrogens with zero attached hydrogens (tertiary/aromatic N) is 1. The van der Waals surface area contributed by atoms with E-state index in [-0.39, 0.29) is 19.6 Å². The zero-order valence-electron chi connectivity index (χ0n) is 13.3. The lowest BCUT2D eigenvalue weighted by Gasteiger charge is -2.36. The third-order valence-electron chi connectivity index (χ3n) is 3.78. The molecule has 1 fully saturated rings. The number of ether oxygens (including phenoxy) is 2. The van der Waals surface area contributed by atoms with Crippen LogP contribution in [0, 0.1) is 0 Å². The number of methoxy groups -OCH3 is 1. The minimum Gasteiger partial charge on any atom is -0.467 e. The first kappa shape index (κ1) is 17.7. The fraction of sp³-hybridized carbons (Fsp3) is 0.438. The number of urea groups is 1. The van der Waals surface area contributed by atoms with Gasteiger partial charge < -0.3 is 14.4 Å². The van der Waals surface area contributed by atoms with E-state index in [1.165, 1.54) is 12.0 Å². The second kappa shape index (κ2) is 8.88. The number of hydrogen-bond donors (Lipinski definition) is 1. The Morgan fingerprint density at radius 1 is 1.33 bits per heavy atom. The highest BCUT2D eigenvalue weighted by molar-refractivity contribution is 5.83. The van der Waals surface area contributed by atoms with E-state index in [4.69, 9.17) is 14.3 Å². The Bertz CT molecular complexity index is 565. The molecule has 1 aliphatic heterocycles. The first-order valence-corrected chi connectivity index (χ1v) is 7.55. The number of hydrogen-bond acceptors (Lipinski definition) is 6. The fourth-order valence-corrected chi connectivity index (χ4v) is 2.55. The monoisotopic (exact) mass is 336 g/mol. The van der Waals surface area contributed by atoms with Gasteiger partial charge >= 0.3 is 12.0 Å². The Morgan fingerprint density at radius 3 is 2.75 bits per heavy atom. The van der Waals surface area contributed by atoms with Crippen molar-refractivity contribution >= 4 is 18.5 Å². The maximum absolute atomic E-state index is 12.3. The number of piperidine rings is 1. The van der Waals surface area contributed by atoms with Gasteiger partial charge in [0.25, 0.3) is 6.47 Å². The Labute approximate surface area is 139 Å². The molecule has 0 aliphatic carbocycles. The molecular weight excluding hydrogens is 316 g/mol. The van der Waals surface area contributed by atoms with E-state index in [1.807, 2.05) is 30.3 Å². The normalized spacial score (nSPS) is 20.1. The third-order valence-corrected chi connectivity index (χ3v) is 3.78. The van der Waals surface area contributed by atoms with Crippen LogP contribution in [-0.4, -0.2) is 49.2 Å². The number of likely N-dealkylation sites (tertiary alicyclic amines) is 1. The number of amides is 2. The van der Waals surface area contributed by atoms with Gasteiger partial charge in [0, 0.05) is 19.4 Å². The topological polar surface area (TPSA) is 94.2 Å². The predicted octanol–water partition coefficient (Wildman–Crippen LogP) is 1.01. The van der Waals surface area contributed by atoms with Crippen molar-refractivity contribution < 1.29 is 28.7 Å². The molecule has 1 N–H and O–H groups in total. The molecule has 2 rings (SSSR count). The van der Waals surface area contributed by atoms with Crippen molar-refractivity contribution in [1.29, 1.82) is 0 Å². The van der Waals surface area contributed by atoms with E-state index >= 15 is 0 Å². The Hall–Kier alpha value is -2.61. The van der Waals surface area contributed by atoms with Crippen molar-refractivity contribution in [1.82, 2.24) is 10.4 Å². The number of carbonyl (C=O) groups is 3. The Morgan fingerprint density at radius 2 is 2.08 bits per heavy atom. The van der Waals surface area contributed by atoms with E-state index in [1.54, 1.807) is 0 Å². The molecule has 24 heavy (non-hydrogen) atoms. The Balaban J connectivity index is 1.90. The molecule has 8 heteroatoms. The summed E-state index contributed by atoms with van der Waals surface area (Å²) in [6, 6.07) is 7.99. The van der Waals surface area contributed by atoms with Crippen LogP contribution in [0.25, 0.3) is 0 Å². The van der Waals surface area contributed by atoms with Crippen LogP contribution >= 0.6 is 0 Å². The van der Waals surface area contributed by atoms with E-state index in [9.17, 15) is 14.4 Å². The van der Waals surface area contributed by atoms with Crippen molar-refractivity contribution in [3.05, 3.63) is 35.9 Å². The zero-order valence-corrected chi connectivity index (χ0v) is 13.3. The Kier molecular flexibility index (Phi) is 6.56. The summed E-state index contributed by atoms with van der Waals surface area (Å²) < 4.78 is 9.62. The van der Waals surface area contributed by atoms with Crippen molar-refractivity contribution in [2.75, 3.05) is 13.7 Å². The molecule has 0 radical (unpaired) electrons. The molecule has 0 spiro atoms. The number of nitrogens with one attached hydrogen (secondary N) is 1. The van der Waals surface area contributed by atoms with Gasteiger partial charge in [-0.3, -0.25) is 9.63 Å². The van der Waals surface area contributed by atoms with Gasteiger partial charge in [-0.2, -0.15) is 0 Å². The van der Waals surface area contributed by atoms with Crippen molar-refractivity contribution in [3.8, 4) is 0 Å². The summed E-state index contributed by atoms with van der Waals surface area (Å²) in [5.74, 6) is -0.563. The molecule has 1 aromatic rings. The van der Waals surface area contributed by atoms with E-state index in [2.05, 4.69) is 5.48 Å². The number of esters is 1. The summed E-state index contributed by atoms with van der Waals surface area (Å²) in [7, 11) is 1.24. The maximum atomic E-state index is 12.3. The van der Waals surface area contributed by atoms with Crippen LogP contribution < -0.4 is 5.48 Å². The van der Waals surface area contributed by atoms with E-state index in [0.717, 1.165) is 5.56 Å². The van der Waals surface area contributed by atoms with E-state index in [0.29, 0.717) is 12.9 Å². The molecule has 1 aromatic carbocycles. The van der Waals surface area contributed by atoms with Crippen LogP contribution in [0.2, 0.25) is 0 Å². The highest BCUT2D eigenvalue weighted by atomic mass is 16.7. The van der Waals surface area contributed by atoms with Gasteiger partial charge in [-0.25, -0.2) is 15.1 Å². The average Bonchev–Trinajstić information content (AvgIpc) is 2.62. The largest absolute Gasteiger partial charge is 0.467 e. The molecule has 2 amide bonds. The van der Waals surface area contributed by atoms with Crippen molar-refractivity contribution in [2.24, 2.45) is 0 Å². The van der Waals surface area contributed by atoms with Gasteiger partial charge in [0.15, 0.2) is 0 Å². The van der Waals surface area contributed by atoms with Crippen LogP contribution in [-0.2, 0) is 30.5 Å². The van der Waals surface area contributed by atoms with E-state index < -0.39 is 24.1 Å². The predicted molar refractivity (Wildman–Crippen MR) is 82.4 cm³/mol. The molecule has 1 saturated heterocycles. The summed E-state index contributed by atoms with van der Waals surface area (Å²) >= 11 is 0. The number of rotatable bonds is 6. The first-order chi connectivity index (χ1) is 11.7. The third kappa shape index (κ3) is 4.69. The highest BCUT2D eigenvalue weighted by Crippen LogP contribution is 2.21. The van der Waals surface area contributed by atoms with Crippen LogP contribution in [0.5, 0.6) is 0 Å². The quantitative estimate of drug-likeness (QED) is 0.473. The SMILES string of the molecule is COC(=O)[C@@H]1CC(OC=O)CCN1C(=O)NOCc1ccccc1. The molecule has 1 unspecified atom stereocenters. The molecule has 0 bridgehead atoms. The lowest BCUT2D eigenvalue weighted by atomic mass is 10.00. The first-order valence-electron chi connectivity index (χ1n) is 7.55. The van der Waals surface area contributed by atoms with Gasteiger partial charge in [0.05, 0.1) is 13.7 Å². The fourth-order valence-electron chi connectivity index (χ4n) is 2.55. The second-order valence-electron chi connectivity index (χ2n) is 5.29. The molecule has 1 aliphatic rings. The standard InChI is InChI=1S/C16H20N2O6/c1-22-15(20)14-9-13(23-11-19)7-8-18(14)16(21)17-24-10-12-5-3-2-4-6-12/h2-6,11,13-14H,7-10H2,1H3,(H,17,21)/t13?,14-/m0/s1. The minimum atomic E-state index is -0.825. The van der Waals surface area contributed by atoms with Gasteiger partial charge in [-0.1, -0.05) is 30.3 Å². The summed E-state index contributed by atoms with van der Waals surface area (Å²) in [5, 5.41) is 0. The van der Waals surface area contributed by atoms with Gasteiger partial charge in [-0.15, -0.1) is 0 Å². The number of carbonyl (C=O) groups excluding carboxylic acids is 3. The molecular formula is C16H20N2O6. The average molecular weight is 336 g/mol. The lowest BCUT2D eigenvalue weighted by molar-refractivity contribution is -0.152.